The van der Waals surface area contributed by atoms with Gasteiger partial charge in [-0.25, -0.2) is 0 Å². The average Bonchev–Trinajstić information content (AvgIpc) is 2.08. The molecule has 0 saturated carbocycles. The van der Waals surface area contributed by atoms with Crippen molar-refractivity contribution in [3.05, 3.63) is 0 Å². The van der Waals surface area contributed by atoms with Crippen molar-refractivity contribution in [2.75, 3.05) is 19.6 Å². The normalized spacial score (nSPS) is 27.5. The number of hydrogen-bond acceptors (Lipinski definition) is 2. The highest BCUT2D eigenvalue weighted by Crippen LogP contribution is 2.29. The molecule has 78 valence electrons. The van der Waals surface area contributed by atoms with Gasteiger partial charge in [-0.15, -0.1) is 0 Å². The lowest BCUT2D eigenvalue weighted by Gasteiger charge is -2.39. The van der Waals surface area contributed by atoms with Crippen LogP contribution in [-0.2, 0) is 0 Å². The highest BCUT2D eigenvalue weighted by molar-refractivity contribution is 4.89. The summed E-state index contributed by atoms with van der Waals surface area (Å²) < 4.78 is 0. The molecule has 1 heterocycles. The van der Waals surface area contributed by atoms with Gasteiger partial charge in [0.05, 0.1) is 0 Å². The quantitative estimate of drug-likeness (QED) is 0.651. The molecule has 1 aliphatic rings. The molecular formula is C11H24N2. The largest absolute Gasteiger partial charge is 0.315 e. The van der Waals surface area contributed by atoms with E-state index in [0.29, 0.717) is 11.5 Å². The number of nitrogens with one attached hydrogen (secondary N) is 2. The maximum atomic E-state index is 3.61. The smallest absolute Gasteiger partial charge is 0.0243 e. The molecule has 0 aliphatic carbocycles. The molecule has 2 nitrogen and oxygen atoms in total. The van der Waals surface area contributed by atoms with E-state index in [0.717, 1.165) is 13.1 Å². The topological polar surface area (TPSA) is 24.1 Å². The van der Waals surface area contributed by atoms with E-state index < -0.39 is 0 Å². The molecule has 0 bridgehead atoms. The Bertz CT molecular complexity index is 143. The molecule has 2 N–H and O–H groups in total. The van der Waals surface area contributed by atoms with Crippen LogP contribution in [0.15, 0.2) is 0 Å². The highest BCUT2D eigenvalue weighted by Gasteiger charge is 2.31. The first-order valence-electron chi connectivity index (χ1n) is 5.61. The van der Waals surface area contributed by atoms with Gasteiger partial charge in [-0.3, -0.25) is 0 Å². The molecule has 13 heavy (non-hydrogen) atoms. The van der Waals surface area contributed by atoms with Crippen LogP contribution in [-0.4, -0.2) is 25.7 Å². The minimum atomic E-state index is 0.471. The third-order valence-electron chi connectivity index (χ3n) is 3.11. The lowest BCUT2D eigenvalue weighted by atomic mass is 9.77. The van der Waals surface area contributed by atoms with E-state index in [9.17, 15) is 0 Å². The van der Waals surface area contributed by atoms with Crippen molar-refractivity contribution >= 4 is 0 Å². The molecule has 2 heteroatoms. The molecule has 0 aromatic carbocycles. The first-order chi connectivity index (χ1) is 6.17. The van der Waals surface area contributed by atoms with E-state index >= 15 is 0 Å². The second-order valence-corrected chi connectivity index (χ2v) is 4.80. The van der Waals surface area contributed by atoms with E-state index in [2.05, 4.69) is 31.4 Å². The molecule has 1 saturated heterocycles. The Morgan fingerprint density at radius 2 is 2.23 bits per heavy atom. The summed E-state index contributed by atoms with van der Waals surface area (Å²) in [4.78, 5) is 0. The molecule has 1 fully saturated rings. The summed E-state index contributed by atoms with van der Waals surface area (Å²) in [5.74, 6) is 0. The van der Waals surface area contributed by atoms with Crippen molar-refractivity contribution < 1.29 is 0 Å². The minimum absolute atomic E-state index is 0.471. The van der Waals surface area contributed by atoms with E-state index in [1.54, 1.807) is 0 Å². The second kappa shape index (κ2) is 4.97. The second-order valence-electron chi connectivity index (χ2n) is 4.80. The zero-order chi connectivity index (χ0) is 9.73. The van der Waals surface area contributed by atoms with Gasteiger partial charge in [-0.2, -0.15) is 0 Å². The summed E-state index contributed by atoms with van der Waals surface area (Å²) in [5, 5.41) is 7.10. The fraction of sp³-hybridized carbons (Fsp3) is 1.00. The number of piperidine rings is 1. The Morgan fingerprint density at radius 1 is 1.46 bits per heavy atom. The number of hydrogen-bond donors (Lipinski definition) is 2. The molecule has 0 radical (unpaired) electrons. The van der Waals surface area contributed by atoms with Gasteiger partial charge >= 0.3 is 0 Å². The van der Waals surface area contributed by atoms with Gasteiger partial charge in [0.2, 0.25) is 0 Å². The maximum absolute atomic E-state index is 3.61. The fourth-order valence-corrected chi connectivity index (χ4v) is 2.04. The Labute approximate surface area is 82.5 Å². The first-order valence-corrected chi connectivity index (χ1v) is 5.61. The van der Waals surface area contributed by atoms with Crippen LogP contribution < -0.4 is 10.6 Å². The van der Waals surface area contributed by atoms with E-state index in [1.165, 1.54) is 25.8 Å². The summed E-state index contributed by atoms with van der Waals surface area (Å²) in [6.07, 6.45) is 3.92. The number of rotatable bonds is 4. The average molecular weight is 184 g/mol. The lowest BCUT2D eigenvalue weighted by Crippen LogP contribution is -2.52. The molecule has 1 aliphatic heterocycles. The Kier molecular flexibility index (Phi) is 4.20. The maximum Gasteiger partial charge on any atom is 0.0243 e. The Balaban J connectivity index is 2.29. The Hall–Kier alpha value is -0.0800. The van der Waals surface area contributed by atoms with Gasteiger partial charge in [0.1, 0.15) is 0 Å². The fourth-order valence-electron chi connectivity index (χ4n) is 2.04. The predicted octanol–water partition coefficient (Wildman–Crippen LogP) is 1.76. The SMILES string of the molecule is CCCNCC1NCCCC1(C)C. The standard InChI is InChI=1S/C11H24N2/c1-4-7-12-9-10-11(2,3)6-5-8-13-10/h10,12-13H,4-9H2,1-3H3. The molecule has 1 unspecified atom stereocenters. The predicted molar refractivity (Wildman–Crippen MR) is 58.0 cm³/mol. The molecule has 0 aromatic heterocycles. The third kappa shape index (κ3) is 3.28. The summed E-state index contributed by atoms with van der Waals surface area (Å²) in [5.41, 5.74) is 0.471. The molecule has 0 aromatic rings. The summed E-state index contributed by atoms with van der Waals surface area (Å²) >= 11 is 0. The van der Waals surface area contributed by atoms with Crippen LogP contribution in [0.1, 0.15) is 40.0 Å². The van der Waals surface area contributed by atoms with Crippen LogP contribution in [0.5, 0.6) is 0 Å². The van der Waals surface area contributed by atoms with Gasteiger partial charge < -0.3 is 10.6 Å². The van der Waals surface area contributed by atoms with Crippen molar-refractivity contribution in [2.45, 2.75) is 46.1 Å². The monoisotopic (exact) mass is 184 g/mol. The molecule has 1 rings (SSSR count). The van der Waals surface area contributed by atoms with Crippen molar-refractivity contribution in [1.82, 2.24) is 10.6 Å². The van der Waals surface area contributed by atoms with Crippen molar-refractivity contribution in [3.63, 3.8) is 0 Å². The van der Waals surface area contributed by atoms with Gasteiger partial charge in [-0.1, -0.05) is 20.8 Å². The van der Waals surface area contributed by atoms with Crippen LogP contribution >= 0.6 is 0 Å². The summed E-state index contributed by atoms with van der Waals surface area (Å²) in [7, 11) is 0. The van der Waals surface area contributed by atoms with Crippen LogP contribution in [0.25, 0.3) is 0 Å². The van der Waals surface area contributed by atoms with E-state index in [4.69, 9.17) is 0 Å². The van der Waals surface area contributed by atoms with Crippen LogP contribution in [0.4, 0.5) is 0 Å². The molecule has 0 spiro atoms. The van der Waals surface area contributed by atoms with Crippen LogP contribution in [0, 0.1) is 5.41 Å². The Morgan fingerprint density at radius 3 is 2.85 bits per heavy atom. The van der Waals surface area contributed by atoms with Crippen molar-refractivity contribution in [1.29, 1.82) is 0 Å². The zero-order valence-corrected chi connectivity index (χ0v) is 9.32. The highest BCUT2D eigenvalue weighted by atomic mass is 15.0. The minimum Gasteiger partial charge on any atom is -0.315 e. The van der Waals surface area contributed by atoms with Gasteiger partial charge in [-0.05, 0) is 37.8 Å². The van der Waals surface area contributed by atoms with Crippen LogP contribution in [0.3, 0.4) is 0 Å². The molecule has 1 atom stereocenters. The van der Waals surface area contributed by atoms with Crippen LogP contribution in [0.2, 0.25) is 0 Å². The zero-order valence-electron chi connectivity index (χ0n) is 9.32. The first kappa shape index (κ1) is 11.0. The van der Waals surface area contributed by atoms with E-state index in [-0.39, 0.29) is 0 Å². The van der Waals surface area contributed by atoms with Crippen molar-refractivity contribution in [3.8, 4) is 0 Å². The molecular weight excluding hydrogens is 160 g/mol. The van der Waals surface area contributed by atoms with Crippen molar-refractivity contribution in [2.24, 2.45) is 5.41 Å². The lowest BCUT2D eigenvalue weighted by molar-refractivity contribution is 0.176. The third-order valence-corrected chi connectivity index (χ3v) is 3.11. The van der Waals surface area contributed by atoms with E-state index in [1.807, 2.05) is 0 Å². The summed E-state index contributed by atoms with van der Waals surface area (Å²) in [6.45, 7) is 10.4. The van der Waals surface area contributed by atoms with Gasteiger partial charge in [0.25, 0.3) is 0 Å². The summed E-state index contributed by atoms with van der Waals surface area (Å²) in [6, 6.07) is 0.660. The van der Waals surface area contributed by atoms with Gasteiger partial charge in [0.15, 0.2) is 0 Å². The molecule has 0 amide bonds. The van der Waals surface area contributed by atoms with Gasteiger partial charge in [0, 0.05) is 12.6 Å².